The quantitative estimate of drug-likeness (QED) is 0.862. The molecule has 0 aromatic heterocycles. The van der Waals surface area contributed by atoms with Crippen LogP contribution in [0.1, 0.15) is 22.7 Å². The van der Waals surface area contributed by atoms with Gasteiger partial charge in [-0.15, -0.1) is 0 Å². The van der Waals surface area contributed by atoms with Crippen LogP contribution in [0.4, 0.5) is 8.78 Å². The fourth-order valence-electron chi connectivity index (χ4n) is 2.32. The standard InChI is InChI=1S/C16H16BrF2N/c1-10-7-12(17)3-5-14(10)16(20-2)9-11-8-13(18)4-6-15(11)19/h3-8,16,20H,9H2,1-2H3. The molecule has 1 atom stereocenters. The van der Waals surface area contributed by atoms with Gasteiger partial charge in [-0.05, 0) is 67.4 Å². The summed E-state index contributed by atoms with van der Waals surface area (Å²) in [6.45, 7) is 2.01. The molecule has 106 valence electrons. The maximum atomic E-state index is 13.7. The van der Waals surface area contributed by atoms with E-state index in [-0.39, 0.29) is 11.9 Å². The molecule has 0 aliphatic rings. The molecule has 2 aromatic carbocycles. The molecule has 0 fully saturated rings. The Morgan fingerprint density at radius 1 is 1.15 bits per heavy atom. The van der Waals surface area contributed by atoms with Gasteiger partial charge in [0.1, 0.15) is 11.6 Å². The minimum Gasteiger partial charge on any atom is -0.313 e. The summed E-state index contributed by atoms with van der Waals surface area (Å²) in [4.78, 5) is 0. The predicted octanol–water partition coefficient (Wildman–Crippen LogP) is 4.54. The maximum Gasteiger partial charge on any atom is 0.126 e. The minimum absolute atomic E-state index is 0.0561. The van der Waals surface area contributed by atoms with E-state index in [1.807, 2.05) is 32.2 Å². The molecule has 0 saturated carbocycles. The predicted molar refractivity (Wildman–Crippen MR) is 80.7 cm³/mol. The van der Waals surface area contributed by atoms with E-state index in [0.717, 1.165) is 21.7 Å². The summed E-state index contributed by atoms with van der Waals surface area (Å²) in [5.41, 5.74) is 2.57. The summed E-state index contributed by atoms with van der Waals surface area (Å²) in [7, 11) is 1.82. The van der Waals surface area contributed by atoms with Crippen LogP contribution in [0.2, 0.25) is 0 Å². The van der Waals surface area contributed by atoms with Gasteiger partial charge in [0, 0.05) is 10.5 Å². The SMILES string of the molecule is CNC(Cc1cc(F)ccc1F)c1ccc(Br)cc1C. The Balaban J connectivity index is 2.31. The summed E-state index contributed by atoms with van der Waals surface area (Å²) in [5.74, 6) is -0.787. The average molecular weight is 340 g/mol. The van der Waals surface area contributed by atoms with Crippen LogP contribution in [0.25, 0.3) is 0 Å². The molecule has 2 rings (SSSR count). The van der Waals surface area contributed by atoms with Gasteiger partial charge in [0.25, 0.3) is 0 Å². The number of hydrogen-bond acceptors (Lipinski definition) is 1. The lowest BCUT2D eigenvalue weighted by molar-refractivity contribution is 0.542. The molecule has 20 heavy (non-hydrogen) atoms. The van der Waals surface area contributed by atoms with Crippen molar-refractivity contribution in [3.63, 3.8) is 0 Å². The highest BCUT2D eigenvalue weighted by Gasteiger charge is 2.15. The minimum atomic E-state index is -0.413. The van der Waals surface area contributed by atoms with Crippen LogP contribution in [-0.4, -0.2) is 7.05 Å². The zero-order chi connectivity index (χ0) is 14.7. The van der Waals surface area contributed by atoms with Crippen molar-refractivity contribution in [1.29, 1.82) is 0 Å². The Labute approximate surface area is 126 Å². The zero-order valence-corrected chi connectivity index (χ0v) is 13.0. The number of benzene rings is 2. The van der Waals surface area contributed by atoms with Crippen LogP contribution in [0.15, 0.2) is 40.9 Å². The molecule has 1 N–H and O–H groups in total. The van der Waals surface area contributed by atoms with Crippen molar-refractivity contribution < 1.29 is 8.78 Å². The van der Waals surface area contributed by atoms with Crippen molar-refractivity contribution in [2.45, 2.75) is 19.4 Å². The number of rotatable bonds is 4. The van der Waals surface area contributed by atoms with Crippen molar-refractivity contribution >= 4 is 15.9 Å². The summed E-state index contributed by atoms with van der Waals surface area (Å²) < 4.78 is 28.0. The van der Waals surface area contributed by atoms with Crippen molar-refractivity contribution in [1.82, 2.24) is 5.32 Å². The van der Waals surface area contributed by atoms with Crippen LogP contribution in [-0.2, 0) is 6.42 Å². The maximum absolute atomic E-state index is 13.7. The van der Waals surface area contributed by atoms with Crippen molar-refractivity contribution in [2.24, 2.45) is 0 Å². The largest absolute Gasteiger partial charge is 0.313 e. The van der Waals surface area contributed by atoms with Gasteiger partial charge in [0.15, 0.2) is 0 Å². The molecule has 0 bridgehead atoms. The van der Waals surface area contributed by atoms with E-state index in [0.29, 0.717) is 12.0 Å². The molecule has 0 amide bonds. The van der Waals surface area contributed by atoms with E-state index < -0.39 is 5.82 Å². The van der Waals surface area contributed by atoms with Gasteiger partial charge in [-0.25, -0.2) is 8.78 Å². The smallest absolute Gasteiger partial charge is 0.126 e. The van der Waals surface area contributed by atoms with E-state index in [4.69, 9.17) is 0 Å². The summed E-state index contributed by atoms with van der Waals surface area (Å²) in [6, 6.07) is 9.48. The third-order valence-corrected chi connectivity index (χ3v) is 3.88. The monoisotopic (exact) mass is 339 g/mol. The normalized spacial score (nSPS) is 12.4. The molecular weight excluding hydrogens is 324 g/mol. The lowest BCUT2D eigenvalue weighted by Gasteiger charge is -2.19. The molecule has 0 radical (unpaired) electrons. The fourth-order valence-corrected chi connectivity index (χ4v) is 2.79. The third-order valence-electron chi connectivity index (χ3n) is 3.39. The number of nitrogens with one attached hydrogen (secondary N) is 1. The van der Waals surface area contributed by atoms with Gasteiger partial charge in [-0.3, -0.25) is 0 Å². The zero-order valence-electron chi connectivity index (χ0n) is 11.4. The Morgan fingerprint density at radius 3 is 2.55 bits per heavy atom. The second-order valence-corrected chi connectivity index (χ2v) is 5.70. The number of hydrogen-bond donors (Lipinski definition) is 1. The molecule has 0 aliphatic heterocycles. The molecule has 0 spiro atoms. The van der Waals surface area contributed by atoms with E-state index >= 15 is 0 Å². The number of likely N-dealkylation sites (N-methyl/N-ethyl adjacent to an activating group) is 1. The molecule has 1 unspecified atom stereocenters. The first-order valence-electron chi connectivity index (χ1n) is 6.38. The van der Waals surface area contributed by atoms with Crippen LogP contribution < -0.4 is 5.32 Å². The van der Waals surface area contributed by atoms with Gasteiger partial charge in [0.05, 0.1) is 0 Å². The van der Waals surface area contributed by atoms with E-state index in [2.05, 4.69) is 21.2 Å². The second kappa shape index (κ2) is 6.46. The average Bonchev–Trinajstić information content (AvgIpc) is 2.40. The molecule has 0 heterocycles. The lowest BCUT2D eigenvalue weighted by atomic mass is 9.95. The first-order valence-corrected chi connectivity index (χ1v) is 7.18. The van der Waals surface area contributed by atoms with Gasteiger partial charge >= 0.3 is 0 Å². The van der Waals surface area contributed by atoms with Crippen LogP contribution in [0.5, 0.6) is 0 Å². The molecule has 1 nitrogen and oxygen atoms in total. The summed E-state index contributed by atoms with van der Waals surface area (Å²) in [5, 5.41) is 3.17. The number of aryl methyl sites for hydroxylation is 1. The topological polar surface area (TPSA) is 12.0 Å². The van der Waals surface area contributed by atoms with Crippen LogP contribution in [0.3, 0.4) is 0 Å². The van der Waals surface area contributed by atoms with E-state index in [1.165, 1.54) is 12.1 Å². The molecule has 0 aliphatic carbocycles. The molecule has 0 saturated heterocycles. The lowest BCUT2D eigenvalue weighted by Crippen LogP contribution is -2.20. The summed E-state index contributed by atoms with van der Waals surface area (Å²) in [6.07, 6.45) is 0.405. The third kappa shape index (κ3) is 3.44. The van der Waals surface area contributed by atoms with Crippen molar-refractivity contribution in [3.8, 4) is 0 Å². The summed E-state index contributed by atoms with van der Waals surface area (Å²) >= 11 is 3.43. The van der Waals surface area contributed by atoms with Crippen LogP contribution in [0, 0.1) is 18.6 Å². The van der Waals surface area contributed by atoms with Crippen molar-refractivity contribution in [2.75, 3.05) is 7.05 Å². The van der Waals surface area contributed by atoms with Crippen LogP contribution >= 0.6 is 15.9 Å². The van der Waals surface area contributed by atoms with Gasteiger partial charge in [-0.2, -0.15) is 0 Å². The highest BCUT2D eigenvalue weighted by Crippen LogP contribution is 2.25. The van der Waals surface area contributed by atoms with Gasteiger partial charge < -0.3 is 5.32 Å². The molecule has 4 heteroatoms. The van der Waals surface area contributed by atoms with Gasteiger partial charge in [0.2, 0.25) is 0 Å². The number of halogens is 3. The highest BCUT2D eigenvalue weighted by molar-refractivity contribution is 9.10. The Morgan fingerprint density at radius 2 is 1.90 bits per heavy atom. The van der Waals surface area contributed by atoms with E-state index in [9.17, 15) is 8.78 Å². The Kier molecular flexibility index (Phi) is 4.89. The Hall–Kier alpha value is -1.26. The fraction of sp³-hybridized carbons (Fsp3) is 0.250. The molecular formula is C16H16BrF2N. The van der Waals surface area contributed by atoms with Gasteiger partial charge in [-0.1, -0.05) is 22.0 Å². The molecule has 2 aromatic rings. The second-order valence-electron chi connectivity index (χ2n) is 4.78. The van der Waals surface area contributed by atoms with E-state index in [1.54, 1.807) is 0 Å². The Bertz CT molecular complexity index is 613. The van der Waals surface area contributed by atoms with Crippen molar-refractivity contribution in [3.05, 3.63) is 69.2 Å². The first kappa shape index (κ1) is 15.1. The first-order chi connectivity index (χ1) is 9.51. The highest BCUT2D eigenvalue weighted by atomic mass is 79.9.